The highest BCUT2D eigenvalue weighted by Crippen LogP contribution is 2.21. The van der Waals surface area contributed by atoms with E-state index in [-0.39, 0.29) is 5.28 Å². The Kier molecular flexibility index (Phi) is 8.92. The molecule has 3 nitrogen and oxygen atoms in total. The van der Waals surface area contributed by atoms with Gasteiger partial charge in [-0.05, 0) is 42.7 Å². The van der Waals surface area contributed by atoms with Crippen LogP contribution in [0.2, 0.25) is 5.28 Å². The summed E-state index contributed by atoms with van der Waals surface area (Å²) < 4.78 is 5.82. The molecule has 0 unspecified atom stereocenters. The Morgan fingerprint density at radius 1 is 1.32 bits per heavy atom. The second-order valence-corrected chi connectivity index (χ2v) is 4.95. The van der Waals surface area contributed by atoms with E-state index in [1.165, 1.54) is 12.8 Å². The summed E-state index contributed by atoms with van der Waals surface area (Å²) in [5.41, 5.74) is 1.81. The van der Waals surface area contributed by atoms with E-state index in [4.69, 9.17) is 16.3 Å². The zero-order valence-corrected chi connectivity index (χ0v) is 13.9. The first-order valence-electron chi connectivity index (χ1n) is 7.49. The number of ether oxygens (including phenoxy) is 1. The zero-order chi connectivity index (χ0) is 16.2. The maximum atomic E-state index is 5.84. The van der Waals surface area contributed by atoms with Crippen molar-refractivity contribution in [1.82, 2.24) is 9.97 Å². The molecular weight excluding hydrogens is 296 g/mol. The maximum absolute atomic E-state index is 5.84. The minimum absolute atomic E-state index is 0.260. The van der Waals surface area contributed by atoms with Gasteiger partial charge in [0.1, 0.15) is 5.76 Å². The molecule has 1 aliphatic carbocycles. The summed E-state index contributed by atoms with van der Waals surface area (Å²) in [5.74, 6) is 0.899. The van der Waals surface area contributed by atoms with Crippen molar-refractivity contribution in [3.8, 4) is 0 Å². The number of hydrogen-bond donors (Lipinski definition) is 0. The molecule has 0 bridgehead atoms. The average Bonchev–Trinajstić information content (AvgIpc) is 2.79. The fourth-order valence-electron chi connectivity index (χ4n) is 1.94. The quantitative estimate of drug-likeness (QED) is 0.402. The molecule has 1 aliphatic rings. The van der Waals surface area contributed by atoms with Crippen molar-refractivity contribution < 1.29 is 4.74 Å². The van der Waals surface area contributed by atoms with Crippen LogP contribution in [0, 0.1) is 0 Å². The van der Waals surface area contributed by atoms with Crippen LogP contribution in [0.3, 0.4) is 0 Å². The van der Waals surface area contributed by atoms with Gasteiger partial charge < -0.3 is 4.74 Å². The van der Waals surface area contributed by atoms with E-state index in [2.05, 4.69) is 42.2 Å². The molecule has 0 amide bonds. The van der Waals surface area contributed by atoms with Crippen LogP contribution in [-0.4, -0.2) is 16.6 Å². The highest BCUT2D eigenvalue weighted by Gasteiger charge is 2.06. The molecule has 0 spiro atoms. The summed E-state index contributed by atoms with van der Waals surface area (Å²) in [7, 11) is 0. The molecule has 1 aromatic heterocycles. The molecule has 0 saturated carbocycles. The third kappa shape index (κ3) is 6.27. The Bertz CT molecular complexity index is 550. The van der Waals surface area contributed by atoms with E-state index in [9.17, 15) is 0 Å². The lowest BCUT2D eigenvalue weighted by atomic mass is 10.1. The number of nitrogens with zero attached hydrogens (tertiary/aromatic N) is 2. The van der Waals surface area contributed by atoms with Gasteiger partial charge in [-0.3, -0.25) is 0 Å². The fourth-order valence-corrected chi connectivity index (χ4v) is 2.08. The Balaban J connectivity index is 0.00000116. The normalized spacial score (nSPS) is 13.4. The van der Waals surface area contributed by atoms with Gasteiger partial charge in [0, 0.05) is 11.8 Å². The Morgan fingerprint density at radius 3 is 2.86 bits per heavy atom. The molecule has 0 N–H and O–H groups in total. The standard InChI is InChI=1S/C16H19ClN2O.C2H4/c1-2-3-6-11-20-14-8-5-4-7-13(12-14)15-9-10-18-16(17)19-15;1-2/h4,7-10,12H,2-3,5-6,11H2,1H3;1-2H2. The van der Waals surface area contributed by atoms with Gasteiger partial charge in [0.2, 0.25) is 5.28 Å². The van der Waals surface area contributed by atoms with Crippen molar-refractivity contribution in [3.63, 3.8) is 0 Å². The highest BCUT2D eigenvalue weighted by atomic mass is 35.5. The number of unbranched alkanes of at least 4 members (excludes halogenated alkanes) is 2. The number of halogens is 1. The number of hydrogen-bond acceptors (Lipinski definition) is 3. The van der Waals surface area contributed by atoms with Gasteiger partial charge in [0.05, 0.1) is 12.3 Å². The molecule has 0 aliphatic heterocycles. The van der Waals surface area contributed by atoms with Crippen LogP contribution in [0.25, 0.3) is 5.57 Å². The molecule has 4 heteroatoms. The number of aromatic nitrogens is 2. The van der Waals surface area contributed by atoms with Crippen LogP contribution in [-0.2, 0) is 4.74 Å². The Labute approximate surface area is 138 Å². The molecule has 0 saturated heterocycles. The Hall–Kier alpha value is -1.87. The molecule has 1 aromatic rings. The van der Waals surface area contributed by atoms with Crippen LogP contribution in [0.5, 0.6) is 0 Å². The van der Waals surface area contributed by atoms with Crippen molar-refractivity contribution in [1.29, 1.82) is 0 Å². The van der Waals surface area contributed by atoms with Crippen molar-refractivity contribution in [2.24, 2.45) is 0 Å². The zero-order valence-electron chi connectivity index (χ0n) is 13.1. The van der Waals surface area contributed by atoms with E-state index in [0.29, 0.717) is 0 Å². The van der Waals surface area contributed by atoms with Crippen molar-refractivity contribution >= 4 is 17.2 Å². The molecular formula is C18H23ClN2O. The van der Waals surface area contributed by atoms with Gasteiger partial charge >= 0.3 is 0 Å². The van der Waals surface area contributed by atoms with Gasteiger partial charge in [-0.1, -0.05) is 31.9 Å². The summed E-state index contributed by atoms with van der Waals surface area (Å²) >= 11 is 5.84. The molecule has 0 fully saturated rings. The summed E-state index contributed by atoms with van der Waals surface area (Å²) in [6, 6.07) is 1.85. The summed E-state index contributed by atoms with van der Waals surface area (Å²) in [6.07, 6.45) is 14.2. The predicted octanol–water partition coefficient (Wildman–Crippen LogP) is 5.37. The lowest BCUT2D eigenvalue weighted by Gasteiger charge is -2.07. The van der Waals surface area contributed by atoms with E-state index < -0.39 is 0 Å². The van der Waals surface area contributed by atoms with Crippen molar-refractivity contribution in [2.75, 3.05) is 6.61 Å². The largest absolute Gasteiger partial charge is 0.494 e. The average molecular weight is 319 g/mol. The highest BCUT2D eigenvalue weighted by molar-refractivity contribution is 6.28. The minimum atomic E-state index is 0.260. The van der Waals surface area contributed by atoms with Gasteiger partial charge in [-0.25, -0.2) is 9.97 Å². The number of rotatable bonds is 6. The van der Waals surface area contributed by atoms with Crippen LogP contribution in [0.4, 0.5) is 0 Å². The fraction of sp³-hybridized carbons (Fsp3) is 0.333. The summed E-state index contributed by atoms with van der Waals surface area (Å²) in [6.45, 7) is 8.94. The lowest BCUT2D eigenvalue weighted by Crippen LogP contribution is -1.95. The summed E-state index contributed by atoms with van der Waals surface area (Å²) in [5, 5.41) is 0.260. The second kappa shape index (κ2) is 10.8. The van der Waals surface area contributed by atoms with Gasteiger partial charge in [0.25, 0.3) is 0 Å². The number of allylic oxidation sites excluding steroid dienone is 5. The van der Waals surface area contributed by atoms with Crippen molar-refractivity contribution in [2.45, 2.75) is 32.6 Å². The summed E-state index contributed by atoms with van der Waals surface area (Å²) in [4.78, 5) is 8.14. The minimum Gasteiger partial charge on any atom is -0.494 e. The van der Waals surface area contributed by atoms with Crippen molar-refractivity contribution in [3.05, 3.63) is 66.5 Å². The topological polar surface area (TPSA) is 35.0 Å². The van der Waals surface area contributed by atoms with Crippen LogP contribution in [0.15, 0.2) is 55.5 Å². The van der Waals surface area contributed by atoms with Crippen LogP contribution in [0.1, 0.15) is 38.3 Å². The molecule has 118 valence electrons. The van der Waals surface area contributed by atoms with Gasteiger partial charge in [0.15, 0.2) is 0 Å². The molecule has 0 aromatic carbocycles. The van der Waals surface area contributed by atoms with E-state index >= 15 is 0 Å². The van der Waals surface area contributed by atoms with E-state index in [1.54, 1.807) is 6.20 Å². The second-order valence-electron chi connectivity index (χ2n) is 4.61. The molecule has 0 radical (unpaired) electrons. The maximum Gasteiger partial charge on any atom is 0.222 e. The molecule has 0 atom stereocenters. The first-order chi connectivity index (χ1) is 10.8. The van der Waals surface area contributed by atoms with Crippen LogP contribution < -0.4 is 0 Å². The first kappa shape index (κ1) is 18.2. The third-order valence-electron chi connectivity index (χ3n) is 2.99. The van der Waals surface area contributed by atoms with Crippen LogP contribution >= 0.6 is 11.6 Å². The molecule has 2 rings (SSSR count). The van der Waals surface area contributed by atoms with E-state index in [1.807, 2.05) is 18.2 Å². The lowest BCUT2D eigenvalue weighted by molar-refractivity contribution is 0.217. The predicted molar refractivity (Wildman–Crippen MR) is 93.6 cm³/mol. The first-order valence-corrected chi connectivity index (χ1v) is 7.87. The smallest absolute Gasteiger partial charge is 0.222 e. The van der Waals surface area contributed by atoms with Gasteiger partial charge in [-0.15, -0.1) is 13.2 Å². The SMILES string of the molecule is C=C.CCCCCOC1=CCC=CC(c2ccnc(Cl)n2)=C1. The molecule has 22 heavy (non-hydrogen) atoms. The third-order valence-corrected chi connectivity index (χ3v) is 3.17. The van der Waals surface area contributed by atoms with E-state index in [0.717, 1.165) is 36.5 Å². The Morgan fingerprint density at radius 2 is 2.14 bits per heavy atom. The monoisotopic (exact) mass is 318 g/mol. The van der Waals surface area contributed by atoms with Gasteiger partial charge in [-0.2, -0.15) is 0 Å². The molecule has 1 heterocycles.